The quantitative estimate of drug-likeness (QED) is 0.0189. The van der Waals surface area contributed by atoms with Crippen LogP contribution in [0, 0.1) is 5.92 Å². The monoisotopic (exact) mass is 1190 g/mol. The van der Waals surface area contributed by atoms with E-state index in [-0.39, 0.29) is 48.6 Å². The van der Waals surface area contributed by atoms with Gasteiger partial charge in [0.15, 0.2) is 0 Å². The molecular weight excluding hydrogens is 1110 g/mol. The average molecular weight is 1190 g/mol. The summed E-state index contributed by atoms with van der Waals surface area (Å²) in [5.41, 5.74) is 12.1. The van der Waals surface area contributed by atoms with Crippen LogP contribution in [0.2, 0.25) is 0 Å². The molecule has 1 heterocycles. The van der Waals surface area contributed by atoms with Crippen LogP contribution < -0.4 is 63.8 Å². The first-order chi connectivity index (χ1) is 39.3. The normalized spacial score (nSPS) is 14.5. The highest BCUT2D eigenvalue weighted by molar-refractivity contribution is 7.58. The van der Waals surface area contributed by atoms with Gasteiger partial charge in [0.25, 0.3) is 7.57 Å². The zero-order valence-electron chi connectivity index (χ0n) is 45.7. The summed E-state index contributed by atoms with van der Waals surface area (Å²) >= 11 is 0. The summed E-state index contributed by atoms with van der Waals surface area (Å²) < 4.78 is 5.03. The molecule has 83 heavy (non-hydrogen) atoms. The molecule has 1 aromatic heterocycles. The summed E-state index contributed by atoms with van der Waals surface area (Å²) in [4.78, 5) is 160. The molecule has 0 radical (unpaired) electrons. The van der Waals surface area contributed by atoms with Crippen molar-refractivity contribution in [3.8, 4) is 5.75 Å². The largest absolute Gasteiger partial charge is 0.480 e. The molecule has 0 fully saturated rings. The number of aliphatic hydroxyl groups is 4. The Morgan fingerprint density at radius 3 is 1.51 bits per heavy atom. The molecule has 3 aromatic rings. The number of hydrogen-bond acceptors (Lipinski definition) is 20. The molecule has 0 aliphatic heterocycles. The molecule has 31 nitrogen and oxygen atoms in total. The minimum absolute atomic E-state index is 0.0453. The van der Waals surface area contributed by atoms with Crippen LogP contribution in [0.1, 0.15) is 56.4 Å². The summed E-state index contributed by atoms with van der Waals surface area (Å²) in [6.07, 6.45) is 5.76. The summed E-state index contributed by atoms with van der Waals surface area (Å²) in [6, 6.07) is -0.656. The molecule has 0 aliphatic rings. The predicted molar refractivity (Wildman–Crippen MR) is 296 cm³/mol. The summed E-state index contributed by atoms with van der Waals surface area (Å²) in [7, 11) is -4.02. The number of rotatable bonds is 37. The minimum Gasteiger partial charge on any atom is -0.480 e. The van der Waals surface area contributed by atoms with Gasteiger partial charge in [0, 0.05) is 31.2 Å². The second-order valence-electron chi connectivity index (χ2n) is 19.4. The lowest BCUT2D eigenvalue weighted by molar-refractivity contribution is -0.142. The van der Waals surface area contributed by atoms with Gasteiger partial charge < -0.3 is 104 Å². The standard InChI is InChI=1S/C51H76N13O18P/c1-28(2)17-35(45(72)58-34(51(78)79)11-7-8-16-52)57-42(69)22-55-44(71)39(24-66)63-46(73)37(19-30-12-14-32(15-13-30)82-83(3,80)81)59-48(75)38(20-31-21-54-27-56-31)61-50(77)41(26-68)64-47(74)36(18-29-9-5-4-6-10-29)60-49(76)40(25-67)62-43(70)33(53)23-65/h4-6,9-10,12-15,21,27-28,33-41,65-68,80-81H,3,7-8,11,16-20,22-26,52-53H2,1-2H3,(H,54,56)(H,55,71)(H,57,69)(H,58,72)(H,59,75)(H,60,76)(H,61,77)(H,62,70)(H,63,73)(H,64,74)(H,78,79)/t33-,34-,35-,36-,37-,38-,39-,40-,41-/m0/s1. The Bertz CT molecular complexity index is 2670. The fourth-order valence-corrected chi connectivity index (χ4v) is 8.21. The van der Waals surface area contributed by atoms with E-state index >= 15 is 0 Å². The van der Waals surface area contributed by atoms with Gasteiger partial charge in [-0.25, -0.2) is 9.78 Å². The van der Waals surface area contributed by atoms with E-state index in [1.54, 1.807) is 44.2 Å². The number of amides is 9. The summed E-state index contributed by atoms with van der Waals surface area (Å²) in [6.45, 7) is -0.893. The number of nitrogens with two attached hydrogens (primary N) is 2. The number of imidazole rings is 1. The molecule has 9 amide bonds. The molecular formula is C51H76N13O18P. The van der Waals surface area contributed by atoms with E-state index in [9.17, 15) is 83.3 Å². The van der Waals surface area contributed by atoms with Crippen LogP contribution >= 0.6 is 7.57 Å². The zero-order valence-corrected chi connectivity index (χ0v) is 46.6. The van der Waals surface area contributed by atoms with Gasteiger partial charge in [0.1, 0.15) is 60.1 Å². The van der Waals surface area contributed by atoms with Gasteiger partial charge in [0.2, 0.25) is 53.2 Å². The third-order valence-corrected chi connectivity index (χ3v) is 12.6. The Morgan fingerprint density at radius 2 is 1.05 bits per heavy atom. The lowest BCUT2D eigenvalue weighted by Crippen LogP contribution is -2.61. The molecule has 0 saturated heterocycles. The highest BCUT2D eigenvalue weighted by atomic mass is 31.2. The third kappa shape index (κ3) is 25.0. The molecule has 0 spiro atoms. The molecule has 2 aromatic carbocycles. The molecule has 0 saturated carbocycles. The molecule has 21 N–H and O–H groups in total. The lowest BCUT2D eigenvalue weighted by atomic mass is 10.0. The van der Waals surface area contributed by atoms with Crippen LogP contribution in [0.5, 0.6) is 5.75 Å². The van der Waals surface area contributed by atoms with Crippen LogP contribution in [0.25, 0.3) is 0 Å². The second kappa shape index (κ2) is 35.2. The van der Waals surface area contributed by atoms with Crippen molar-refractivity contribution in [2.45, 2.75) is 113 Å². The minimum atomic E-state index is -4.02. The van der Waals surface area contributed by atoms with Crippen molar-refractivity contribution in [1.82, 2.24) is 57.8 Å². The molecule has 3 rings (SSSR count). The number of aromatic nitrogens is 2. The maximum atomic E-state index is 14.4. The van der Waals surface area contributed by atoms with Gasteiger partial charge >= 0.3 is 5.97 Å². The number of nitrogens with zero attached hydrogens (tertiary/aromatic N) is 1. The third-order valence-electron chi connectivity index (χ3n) is 12.1. The highest BCUT2D eigenvalue weighted by Gasteiger charge is 2.35. The number of carboxylic acids is 1. The van der Waals surface area contributed by atoms with E-state index in [0.29, 0.717) is 24.9 Å². The Morgan fingerprint density at radius 1 is 0.590 bits per heavy atom. The number of carboxylic acid groups (broad SMARTS) is 1. The van der Waals surface area contributed by atoms with Gasteiger partial charge in [-0.05, 0) is 67.7 Å². The van der Waals surface area contributed by atoms with Crippen LogP contribution in [0.4, 0.5) is 0 Å². The maximum absolute atomic E-state index is 14.4. The number of carbonyl (C=O) groups excluding carboxylic acids is 9. The van der Waals surface area contributed by atoms with Crippen LogP contribution in [0.15, 0.2) is 67.1 Å². The van der Waals surface area contributed by atoms with E-state index in [0.717, 1.165) is 0 Å². The predicted octanol–water partition coefficient (Wildman–Crippen LogP) is -6.45. The molecule has 32 heteroatoms. The first kappa shape index (κ1) is 69.4. The lowest BCUT2D eigenvalue weighted by Gasteiger charge is -2.27. The van der Waals surface area contributed by atoms with Crippen molar-refractivity contribution in [1.29, 1.82) is 0 Å². The highest BCUT2D eigenvalue weighted by Crippen LogP contribution is 2.36. The number of carbonyl (C=O) groups is 10. The Kier molecular flexibility index (Phi) is 29.4. The maximum Gasteiger partial charge on any atom is 0.326 e. The van der Waals surface area contributed by atoms with Crippen LogP contribution in [0.3, 0.4) is 0 Å². The molecule has 9 atom stereocenters. The smallest absolute Gasteiger partial charge is 0.326 e. The van der Waals surface area contributed by atoms with Crippen molar-refractivity contribution in [3.05, 3.63) is 83.9 Å². The van der Waals surface area contributed by atoms with Gasteiger partial charge in [0.05, 0.1) is 39.3 Å². The Hall–Kier alpha value is -7.87. The van der Waals surface area contributed by atoms with Gasteiger partial charge in [-0.2, -0.15) is 0 Å². The zero-order chi connectivity index (χ0) is 61.8. The number of benzene rings is 2. The van der Waals surface area contributed by atoms with E-state index in [1.165, 1.54) is 36.8 Å². The topological polar surface area (TPSA) is 511 Å². The van der Waals surface area contributed by atoms with Crippen molar-refractivity contribution < 1.29 is 87.8 Å². The Balaban J connectivity index is 1.89. The van der Waals surface area contributed by atoms with Crippen molar-refractivity contribution in [2.24, 2.45) is 17.4 Å². The van der Waals surface area contributed by atoms with Crippen molar-refractivity contribution in [3.63, 3.8) is 0 Å². The fraction of sp³-hybridized carbons (Fsp3) is 0.490. The van der Waals surface area contributed by atoms with Crippen LogP contribution in [-0.4, -0.2) is 205 Å². The molecule has 0 aliphatic carbocycles. The number of hydrogen-bond donors (Lipinski definition) is 19. The van der Waals surface area contributed by atoms with Gasteiger partial charge in [-0.15, -0.1) is 0 Å². The summed E-state index contributed by atoms with van der Waals surface area (Å²) in [5, 5.41) is 70.9. The number of nitrogens with one attached hydrogen (secondary N) is 10. The number of aromatic amines is 1. The number of aliphatic hydroxyl groups excluding tert-OH is 4. The second-order valence-corrected chi connectivity index (χ2v) is 20.9. The summed E-state index contributed by atoms with van der Waals surface area (Å²) in [5.74, 6) is -10.8. The van der Waals surface area contributed by atoms with E-state index < -0.39 is 160 Å². The number of aliphatic carboxylic acids is 1. The van der Waals surface area contributed by atoms with E-state index in [4.69, 9.17) is 16.0 Å². The Labute approximate surface area is 477 Å². The van der Waals surface area contributed by atoms with E-state index in [2.05, 4.69) is 64.1 Å². The number of H-pyrrole nitrogens is 1. The average Bonchev–Trinajstić information content (AvgIpc) is 4.06. The number of unbranched alkanes of at least 4 members (excludes halogenated alkanes) is 1. The van der Waals surface area contributed by atoms with Gasteiger partial charge in [-0.1, -0.05) is 56.3 Å². The van der Waals surface area contributed by atoms with Crippen molar-refractivity contribution in [2.75, 3.05) is 39.5 Å². The SMILES string of the molecule is C=P(O)(O)Oc1ccc(C[C@H](NC(=O)[C@H](Cc2cnc[nH]2)NC(=O)[C@H](CO)NC(=O)[C@H](Cc2ccccc2)NC(=O)[C@H](CO)NC(=O)[C@@H](N)CO)C(=O)N[C@@H](CO)C(=O)NCC(=O)N[C@@H](CC(C)C)C(=O)N[C@@H](CCCCN)C(=O)O)cc1. The van der Waals surface area contributed by atoms with E-state index in [1.807, 2.05) is 0 Å². The molecule has 0 unspecified atom stereocenters. The fourth-order valence-electron chi connectivity index (χ4n) is 7.75. The first-order valence-corrected chi connectivity index (χ1v) is 27.9. The first-order valence-electron chi connectivity index (χ1n) is 26.1. The molecule has 458 valence electrons. The van der Waals surface area contributed by atoms with Gasteiger partial charge in [-0.3, -0.25) is 43.2 Å². The van der Waals surface area contributed by atoms with Crippen molar-refractivity contribution >= 4 is 73.0 Å². The van der Waals surface area contributed by atoms with Crippen LogP contribution in [-0.2, 0) is 67.2 Å². The molecule has 0 bridgehead atoms.